The van der Waals surface area contributed by atoms with Crippen LogP contribution < -0.4 is 4.74 Å². The molecule has 0 spiro atoms. The van der Waals surface area contributed by atoms with Gasteiger partial charge in [-0.15, -0.1) is 13.2 Å². The Morgan fingerprint density at radius 1 is 1.20 bits per heavy atom. The molecule has 0 aromatic heterocycles. The van der Waals surface area contributed by atoms with Crippen molar-refractivity contribution in [2.75, 3.05) is 7.11 Å². The van der Waals surface area contributed by atoms with Gasteiger partial charge in [0, 0.05) is 12.8 Å². The van der Waals surface area contributed by atoms with E-state index >= 15 is 0 Å². The summed E-state index contributed by atoms with van der Waals surface area (Å²) < 4.78 is 44.3. The number of hydrogen-bond acceptors (Lipinski definition) is 4. The van der Waals surface area contributed by atoms with E-state index in [-0.39, 0.29) is 30.8 Å². The zero-order valence-corrected chi connectivity index (χ0v) is 10.7. The van der Waals surface area contributed by atoms with E-state index in [4.69, 9.17) is 0 Å². The summed E-state index contributed by atoms with van der Waals surface area (Å²) in [6.07, 6.45) is -4.90. The van der Waals surface area contributed by atoms with Crippen molar-refractivity contribution in [2.24, 2.45) is 0 Å². The third kappa shape index (κ3) is 6.21. The number of ketones is 1. The first-order chi connectivity index (χ1) is 9.30. The molecule has 0 aliphatic heterocycles. The predicted molar refractivity (Wildman–Crippen MR) is 63.1 cm³/mol. The summed E-state index contributed by atoms with van der Waals surface area (Å²) in [5.41, 5.74) is 0.390. The lowest BCUT2D eigenvalue weighted by molar-refractivity contribution is -0.274. The van der Waals surface area contributed by atoms with Crippen LogP contribution in [0.15, 0.2) is 24.3 Å². The second kappa shape index (κ2) is 6.93. The maximum absolute atomic E-state index is 12.0. The molecule has 0 saturated carbocycles. The van der Waals surface area contributed by atoms with E-state index in [9.17, 15) is 22.8 Å². The van der Waals surface area contributed by atoms with E-state index < -0.39 is 12.3 Å². The number of carbonyl (C=O) groups excluding carboxylic acids is 2. The first-order valence-corrected chi connectivity index (χ1v) is 5.73. The Kier molecular flexibility index (Phi) is 5.54. The standard InChI is InChI=1S/C13H13F3O4/c1-19-12(18)6-5-10(17)7-9-3-2-4-11(8-9)20-13(14,15)16/h2-4,8H,5-7H2,1H3. The third-order valence-electron chi connectivity index (χ3n) is 2.37. The molecule has 0 bridgehead atoms. The highest BCUT2D eigenvalue weighted by Crippen LogP contribution is 2.23. The fraction of sp³-hybridized carbons (Fsp3) is 0.385. The van der Waals surface area contributed by atoms with Gasteiger partial charge in [-0.2, -0.15) is 0 Å². The molecule has 0 radical (unpaired) electrons. The fourth-order valence-corrected chi connectivity index (χ4v) is 1.51. The molecule has 0 atom stereocenters. The minimum Gasteiger partial charge on any atom is -0.469 e. The lowest BCUT2D eigenvalue weighted by Gasteiger charge is -2.09. The summed E-state index contributed by atoms with van der Waals surface area (Å²) in [7, 11) is 1.21. The maximum Gasteiger partial charge on any atom is 0.573 e. The second-order valence-electron chi connectivity index (χ2n) is 3.99. The SMILES string of the molecule is COC(=O)CCC(=O)Cc1cccc(OC(F)(F)F)c1. The van der Waals surface area contributed by atoms with E-state index in [1.165, 1.54) is 19.2 Å². The Hall–Kier alpha value is -2.05. The summed E-state index contributed by atoms with van der Waals surface area (Å²) >= 11 is 0. The van der Waals surface area contributed by atoms with Crippen molar-refractivity contribution >= 4 is 11.8 Å². The number of esters is 1. The van der Waals surface area contributed by atoms with Crippen molar-refractivity contribution in [1.82, 2.24) is 0 Å². The molecule has 20 heavy (non-hydrogen) atoms. The molecule has 110 valence electrons. The van der Waals surface area contributed by atoms with Crippen LogP contribution in [0.1, 0.15) is 18.4 Å². The minimum atomic E-state index is -4.77. The first kappa shape index (κ1) is 16.0. The summed E-state index contributed by atoms with van der Waals surface area (Å²) in [6, 6.07) is 5.17. The van der Waals surface area contributed by atoms with Gasteiger partial charge in [-0.3, -0.25) is 9.59 Å². The number of ether oxygens (including phenoxy) is 2. The number of methoxy groups -OCH3 is 1. The topological polar surface area (TPSA) is 52.6 Å². The van der Waals surface area contributed by atoms with Crippen LogP contribution in [0, 0.1) is 0 Å². The summed E-state index contributed by atoms with van der Waals surface area (Å²) in [4.78, 5) is 22.4. The van der Waals surface area contributed by atoms with E-state index in [2.05, 4.69) is 9.47 Å². The molecule has 0 amide bonds. The highest BCUT2D eigenvalue weighted by atomic mass is 19.4. The van der Waals surface area contributed by atoms with Crippen molar-refractivity contribution in [2.45, 2.75) is 25.6 Å². The van der Waals surface area contributed by atoms with Crippen LogP contribution in [0.3, 0.4) is 0 Å². The molecule has 0 aliphatic rings. The average molecular weight is 290 g/mol. The number of halogens is 3. The molecule has 4 nitrogen and oxygen atoms in total. The Morgan fingerprint density at radius 3 is 2.50 bits per heavy atom. The molecule has 1 aromatic rings. The van der Waals surface area contributed by atoms with Crippen molar-refractivity contribution in [3.05, 3.63) is 29.8 Å². The van der Waals surface area contributed by atoms with Crippen molar-refractivity contribution in [3.63, 3.8) is 0 Å². The highest BCUT2D eigenvalue weighted by Gasteiger charge is 2.31. The van der Waals surface area contributed by atoms with Gasteiger partial charge in [-0.25, -0.2) is 0 Å². The van der Waals surface area contributed by atoms with Crippen LogP contribution in [-0.2, 0) is 20.7 Å². The van der Waals surface area contributed by atoms with Crippen LogP contribution in [0.2, 0.25) is 0 Å². The molecule has 0 saturated heterocycles. The van der Waals surface area contributed by atoms with Gasteiger partial charge in [0.15, 0.2) is 0 Å². The zero-order chi connectivity index (χ0) is 15.2. The Bertz CT molecular complexity index is 483. The number of alkyl halides is 3. The van der Waals surface area contributed by atoms with Gasteiger partial charge in [0.2, 0.25) is 0 Å². The van der Waals surface area contributed by atoms with E-state index in [1.807, 2.05) is 0 Å². The molecule has 7 heteroatoms. The summed E-state index contributed by atoms with van der Waals surface area (Å²) in [5.74, 6) is -1.15. The fourth-order valence-electron chi connectivity index (χ4n) is 1.51. The van der Waals surface area contributed by atoms with Crippen LogP contribution in [-0.4, -0.2) is 25.2 Å². The Labute approximate surface area is 113 Å². The summed E-state index contributed by atoms with van der Waals surface area (Å²) in [5, 5.41) is 0. The molecule has 1 rings (SSSR count). The normalized spacial score (nSPS) is 11.0. The molecule has 0 unspecified atom stereocenters. The van der Waals surface area contributed by atoms with Crippen molar-refractivity contribution in [1.29, 1.82) is 0 Å². The van der Waals surface area contributed by atoms with Crippen LogP contribution >= 0.6 is 0 Å². The third-order valence-corrected chi connectivity index (χ3v) is 2.37. The number of Topliss-reactive ketones (excluding diaryl/α,β-unsaturated/α-hetero) is 1. The zero-order valence-electron chi connectivity index (χ0n) is 10.7. The maximum atomic E-state index is 12.0. The van der Waals surface area contributed by atoms with Gasteiger partial charge in [0.1, 0.15) is 11.5 Å². The van der Waals surface area contributed by atoms with E-state index in [0.717, 1.165) is 12.1 Å². The number of hydrogen-bond donors (Lipinski definition) is 0. The molecule has 0 aliphatic carbocycles. The smallest absolute Gasteiger partial charge is 0.469 e. The molecule has 0 N–H and O–H groups in total. The largest absolute Gasteiger partial charge is 0.573 e. The minimum absolute atomic E-state index is 0.0168. The number of carbonyl (C=O) groups is 2. The van der Waals surface area contributed by atoms with Gasteiger partial charge in [0.25, 0.3) is 0 Å². The lowest BCUT2D eigenvalue weighted by atomic mass is 10.1. The van der Waals surface area contributed by atoms with Crippen LogP contribution in [0.25, 0.3) is 0 Å². The highest BCUT2D eigenvalue weighted by molar-refractivity contribution is 5.84. The predicted octanol–water partition coefficient (Wildman–Crippen LogP) is 2.65. The molecule has 0 fully saturated rings. The number of rotatable bonds is 6. The van der Waals surface area contributed by atoms with E-state index in [1.54, 1.807) is 0 Å². The van der Waals surface area contributed by atoms with Crippen molar-refractivity contribution in [3.8, 4) is 5.75 Å². The molecule has 1 aromatic carbocycles. The van der Waals surface area contributed by atoms with Gasteiger partial charge in [-0.1, -0.05) is 12.1 Å². The van der Waals surface area contributed by atoms with Gasteiger partial charge >= 0.3 is 12.3 Å². The van der Waals surface area contributed by atoms with Gasteiger partial charge in [0.05, 0.1) is 13.5 Å². The van der Waals surface area contributed by atoms with E-state index in [0.29, 0.717) is 5.56 Å². The molecular formula is C13H13F3O4. The van der Waals surface area contributed by atoms with Gasteiger partial charge < -0.3 is 9.47 Å². The van der Waals surface area contributed by atoms with Gasteiger partial charge in [-0.05, 0) is 17.7 Å². The lowest BCUT2D eigenvalue weighted by Crippen LogP contribution is -2.17. The van der Waals surface area contributed by atoms with Crippen molar-refractivity contribution < 1.29 is 32.2 Å². The second-order valence-corrected chi connectivity index (χ2v) is 3.99. The first-order valence-electron chi connectivity index (χ1n) is 5.73. The Balaban J connectivity index is 2.57. The monoisotopic (exact) mass is 290 g/mol. The average Bonchev–Trinajstić information content (AvgIpc) is 2.34. The summed E-state index contributed by atoms with van der Waals surface area (Å²) in [6.45, 7) is 0. The van der Waals surface area contributed by atoms with Crippen LogP contribution in [0.5, 0.6) is 5.75 Å². The quantitative estimate of drug-likeness (QED) is 0.756. The molecule has 0 heterocycles. The molecular weight excluding hydrogens is 277 g/mol. The Morgan fingerprint density at radius 2 is 1.90 bits per heavy atom. The number of benzene rings is 1. The van der Waals surface area contributed by atoms with Crippen LogP contribution in [0.4, 0.5) is 13.2 Å².